The lowest BCUT2D eigenvalue weighted by atomic mass is 10.1. The molecule has 0 bridgehead atoms. The van der Waals surface area contributed by atoms with E-state index >= 15 is 0 Å². The first kappa shape index (κ1) is 19.9. The molecule has 4 aromatic rings. The van der Waals surface area contributed by atoms with Crippen LogP contribution in [-0.2, 0) is 11.2 Å². The van der Waals surface area contributed by atoms with Gasteiger partial charge >= 0.3 is 0 Å². The lowest BCUT2D eigenvalue weighted by molar-refractivity contribution is -0.115. The van der Waals surface area contributed by atoms with Gasteiger partial charge in [-0.05, 0) is 48.0 Å². The summed E-state index contributed by atoms with van der Waals surface area (Å²) in [7, 11) is 0. The summed E-state index contributed by atoms with van der Waals surface area (Å²) in [5, 5.41) is 11.3. The summed E-state index contributed by atoms with van der Waals surface area (Å²) in [6.07, 6.45) is 3.27. The molecule has 0 radical (unpaired) electrons. The molecule has 4 rings (SSSR count). The molecular formula is C22H17Cl2N5O. The summed E-state index contributed by atoms with van der Waals surface area (Å²) < 4.78 is 1.65. The second-order valence-electron chi connectivity index (χ2n) is 6.49. The fourth-order valence-electron chi connectivity index (χ4n) is 2.97. The van der Waals surface area contributed by atoms with Crippen molar-refractivity contribution in [2.24, 2.45) is 0 Å². The van der Waals surface area contributed by atoms with Gasteiger partial charge in [-0.2, -0.15) is 5.10 Å². The van der Waals surface area contributed by atoms with Crippen LogP contribution in [0, 0.1) is 0 Å². The monoisotopic (exact) mass is 437 g/mol. The predicted octanol–water partition coefficient (Wildman–Crippen LogP) is 5.50. The molecule has 0 aliphatic rings. The molecule has 0 saturated heterocycles. The number of nitrogens with one attached hydrogen (secondary N) is 2. The average Bonchev–Trinajstić information content (AvgIpc) is 3.27. The van der Waals surface area contributed by atoms with Crippen LogP contribution >= 0.6 is 23.2 Å². The summed E-state index contributed by atoms with van der Waals surface area (Å²) in [5.41, 5.74) is 3.76. The van der Waals surface area contributed by atoms with E-state index in [0.29, 0.717) is 21.4 Å². The molecule has 0 spiro atoms. The van der Waals surface area contributed by atoms with E-state index in [1.165, 1.54) is 6.33 Å². The van der Waals surface area contributed by atoms with Gasteiger partial charge < -0.3 is 10.6 Å². The second-order valence-corrected chi connectivity index (χ2v) is 7.31. The first-order valence-corrected chi connectivity index (χ1v) is 9.89. The molecule has 150 valence electrons. The fraction of sp³-hybridized carbons (Fsp3) is 0.0455. The van der Waals surface area contributed by atoms with E-state index in [4.69, 9.17) is 23.2 Å². The zero-order chi connectivity index (χ0) is 20.9. The first-order valence-electron chi connectivity index (χ1n) is 9.14. The number of benzene rings is 3. The molecule has 6 nitrogen and oxygen atoms in total. The lowest BCUT2D eigenvalue weighted by Crippen LogP contribution is -2.15. The van der Waals surface area contributed by atoms with Crippen LogP contribution in [0.5, 0.6) is 0 Å². The van der Waals surface area contributed by atoms with E-state index in [0.717, 1.165) is 16.9 Å². The topological polar surface area (TPSA) is 71.8 Å². The Morgan fingerprint density at radius 3 is 2.37 bits per heavy atom. The van der Waals surface area contributed by atoms with Gasteiger partial charge in [-0.1, -0.05) is 47.5 Å². The van der Waals surface area contributed by atoms with Crippen LogP contribution in [0.2, 0.25) is 10.0 Å². The van der Waals surface area contributed by atoms with Crippen molar-refractivity contribution in [2.45, 2.75) is 6.42 Å². The number of rotatable bonds is 6. The van der Waals surface area contributed by atoms with Crippen molar-refractivity contribution in [3.05, 3.63) is 95.0 Å². The van der Waals surface area contributed by atoms with E-state index in [9.17, 15) is 4.79 Å². The third-order valence-electron chi connectivity index (χ3n) is 4.43. The average molecular weight is 438 g/mol. The summed E-state index contributed by atoms with van der Waals surface area (Å²) in [6.45, 7) is 0. The normalized spacial score (nSPS) is 10.6. The van der Waals surface area contributed by atoms with Crippen molar-refractivity contribution in [1.82, 2.24) is 14.8 Å². The first-order chi connectivity index (χ1) is 14.6. The highest BCUT2D eigenvalue weighted by Gasteiger charge is 2.11. The highest BCUT2D eigenvalue weighted by atomic mass is 35.5. The van der Waals surface area contributed by atoms with Crippen LogP contribution in [0.1, 0.15) is 5.56 Å². The molecule has 1 heterocycles. The Labute approximate surface area is 183 Å². The van der Waals surface area contributed by atoms with Crippen LogP contribution in [0.15, 0.2) is 79.4 Å². The SMILES string of the molecule is O=C(Cc1ccccc1Nc1c(Cl)cccc1Cl)Nc1ccc(-n2cncn2)cc1. The number of hydrogen-bond acceptors (Lipinski definition) is 4. The molecule has 30 heavy (non-hydrogen) atoms. The molecule has 3 aromatic carbocycles. The Balaban J connectivity index is 1.46. The van der Waals surface area contributed by atoms with Crippen molar-refractivity contribution >= 4 is 46.2 Å². The maximum atomic E-state index is 12.6. The minimum Gasteiger partial charge on any atom is -0.353 e. The Kier molecular flexibility index (Phi) is 5.97. The predicted molar refractivity (Wildman–Crippen MR) is 120 cm³/mol. The van der Waals surface area contributed by atoms with Crippen LogP contribution < -0.4 is 10.6 Å². The molecule has 0 aliphatic heterocycles. The Morgan fingerprint density at radius 2 is 1.67 bits per heavy atom. The van der Waals surface area contributed by atoms with Crippen molar-refractivity contribution in [1.29, 1.82) is 0 Å². The number of hydrogen-bond donors (Lipinski definition) is 2. The van der Waals surface area contributed by atoms with Crippen LogP contribution in [-0.4, -0.2) is 20.7 Å². The minimum absolute atomic E-state index is 0.136. The summed E-state index contributed by atoms with van der Waals surface area (Å²) >= 11 is 12.5. The van der Waals surface area contributed by atoms with Crippen molar-refractivity contribution < 1.29 is 4.79 Å². The lowest BCUT2D eigenvalue weighted by Gasteiger charge is -2.14. The van der Waals surface area contributed by atoms with Gasteiger partial charge in [-0.3, -0.25) is 4.79 Å². The maximum Gasteiger partial charge on any atom is 0.228 e. The van der Waals surface area contributed by atoms with Crippen LogP contribution in [0.4, 0.5) is 17.1 Å². The molecule has 0 unspecified atom stereocenters. The number of carbonyl (C=O) groups excluding carboxylic acids is 1. The number of amides is 1. The Hall–Kier alpha value is -3.35. The van der Waals surface area contributed by atoms with Gasteiger partial charge in [0.05, 0.1) is 27.8 Å². The van der Waals surface area contributed by atoms with Gasteiger partial charge in [-0.15, -0.1) is 0 Å². The van der Waals surface area contributed by atoms with Crippen LogP contribution in [0.3, 0.4) is 0 Å². The summed E-state index contributed by atoms with van der Waals surface area (Å²) in [6, 6.07) is 20.2. The number of anilines is 3. The standard InChI is InChI=1S/C22H17Cl2N5O/c23-18-5-3-6-19(24)22(18)28-20-7-2-1-4-15(20)12-21(30)27-16-8-10-17(11-9-16)29-14-25-13-26-29/h1-11,13-14,28H,12H2,(H,27,30). The molecule has 0 saturated carbocycles. The highest BCUT2D eigenvalue weighted by Crippen LogP contribution is 2.33. The highest BCUT2D eigenvalue weighted by molar-refractivity contribution is 6.39. The number of nitrogens with zero attached hydrogens (tertiary/aromatic N) is 3. The van der Waals surface area contributed by atoms with E-state index in [2.05, 4.69) is 20.7 Å². The van der Waals surface area contributed by atoms with E-state index in [1.54, 1.807) is 29.2 Å². The quantitative estimate of drug-likeness (QED) is 0.417. The third kappa shape index (κ3) is 4.62. The second kappa shape index (κ2) is 8.98. The Bertz CT molecular complexity index is 1140. The molecule has 0 fully saturated rings. The van der Waals surface area contributed by atoms with Crippen molar-refractivity contribution in [3.63, 3.8) is 0 Å². The minimum atomic E-state index is -0.136. The van der Waals surface area contributed by atoms with Crippen molar-refractivity contribution in [2.75, 3.05) is 10.6 Å². The van der Waals surface area contributed by atoms with Gasteiger partial charge in [0.25, 0.3) is 0 Å². The summed E-state index contributed by atoms with van der Waals surface area (Å²) in [5.74, 6) is -0.136. The summed E-state index contributed by atoms with van der Waals surface area (Å²) in [4.78, 5) is 16.5. The molecular weight excluding hydrogens is 421 g/mol. The maximum absolute atomic E-state index is 12.6. The molecule has 1 amide bonds. The number of para-hydroxylation sites is 2. The van der Waals surface area contributed by atoms with E-state index in [-0.39, 0.29) is 12.3 Å². The zero-order valence-electron chi connectivity index (χ0n) is 15.7. The Morgan fingerprint density at radius 1 is 0.933 bits per heavy atom. The van der Waals surface area contributed by atoms with Crippen molar-refractivity contribution in [3.8, 4) is 5.69 Å². The van der Waals surface area contributed by atoms with Gasteiger partial charge in [0.15, 0.2) is 0 Å². The van der Waals surface area contributed by atoms with Crippen LogP contribution in [0.25, 0.3) is 5.69 Å². The largest absolute Gasteiger partial charge is 0.353 e. The third-order valence-corrected chi connectivity index (χ3v) is 5.06. The van der Waals surface area contributed by atoms with E-state index < -0.39 is 0 Å². The smallest absolute Gasteiger partial charge is 0.228 e. The van der Waals surface area contributed by atoms with Gasteiger partial charge in [0.2, 0.25) is 5.91 Å². The van der Waals surface area contributed by atoms with Gasteiger partial charge in [0, 0.05) is 11.4 Å². The molecule has 0 atom stereocenters. The molecule has 8 heteroatoms. The fourth-order valence-corrected chi connectivity index (χ4v) is 3.46. The number of carbonyl (C=O) groups is 1. The van der Waals surface area contributed by atoms with Gasteiger partial charge in [-0.25, -0.2) is 9.67 Å². The molecule has 0 aliphatic carbocycles. The van der Waals surface area contributed by atoms with E-state index in [1.807, 2.05) is 48.5 Å². The zero-order valence-corrected chi connectivity index (χ0v) is 17.2. The van der Waals surface area contributed by atoms with Gasteiger partial charge in [0.1, 0.15) is 12.7 Å². The number of aromatic nitrogens is 3. The molecule has 1 aromatic heterocycles. The number of halogens is 2. The molecule has 2 N–H and O–H groups in total.